The average Bonchev–Trinajstić information content (AvgIpc) is 2.76. The van der Waals surface area contributed by atoms with Crippen molar-refractivity contribution in [2.45, 2.75) is 17.1 Å². The fourth-order valence-electron chi connectivity index (χ4n) is 2.60. The molecule has 0 aliphatic heterocycles. The van der Waals surface area contributed by atoms with Crippen molar-refractivity contribution in [3.05, 3.63) is 82.8 Å². The highest BCUT2D eigenvalue weighted by Crippen LogP contribution is 2.29. The molecule has 1 atom stereocenters. The number of amides is 2. The molecule has 1 unspecified atom stereocenters. The standard InChI is InChI=1S/C23H20Cl2N2O3S/c1-15(23(29)27-21-12-16(24)10-11-20(21)25)31-19-9-5-6-17(13-19)26-22(28)14-30-18-7-3-2-4-8-18/h2-13,15H,14H2,1H3,(H,26,28)(H,27,29). The smallest absolute Gasteiger partial charge is 0.262 e. The molecule has 0 spiro atoms. The van der Waals surface area contributed by atoms with Gasteiger partial charge in [-0.3, -0.25) is 9.59 Å². The van der Waals surface area contributed by atoms with Crippen molar-refractivity contribution in [1.29, 1.82) is 0 Å². The minimum atomic E-state index is -0.401. The van der Waals surface area contributed by atoms with E-state index in [1.165, 1.54) is 11.8 Å². The summed E-state index contributed by atoms with van der Waals surface area (Å²) in [5.41, 5.74) is 1.09. The van der Waals surface area contributed by atoms with Gasteiger partial charge in [-0.25, -0.2) is 0 Å². The van der Waals surface area contributed by atoms with E-state index in [9.17, 15) is 9.59 Å². The molecule has 0 saturated carbocycles. The van der Waals surface area contributed by atoms with Gasteiger partial charge < -0.3 is 15.4 Å². The maximum Gasteiger partial charge on any atom is 0.262 e. The molecule has 0 aliphatic rings. The predicted molar refractivity (Wildman–Crippen MR) is 127 cm³/mol. The molecule has 3 rings (SSSR count). The minimum Gasteiger partial charge on any atom is -0.484 e. The Labute approximate surface area is 195 Å². The van der Waals surface area contributed by atoms with Crippen LogP contribution in [0.1, 0.15) is 6.92 Å². The average molecular weight is 475 g/mol. The molecule has 8 heteroatoms. The number of thioether (sulfide) groups is 1. The summed E-state index contributed by atoms with van der Waals surface area (Å²) >= 11 is 13.4. The molecule has 160 valence electrons. The lowest BCUT2D eigenvalue weighted by atomic mass is 10.3. The van der Waals surface area contributed by atoms with Gasteiger partial charge in [0.1, 0.15) is 5.75 Å². The van der Waals surface area contributed by atoms with Gasteiger partial charge in [0.15, 0.2) is 6.61 Å². The lowest BCUT2D eigenvalue weighted by Gasteiger charge is -2.14. The molecule has 0 heterocycles. The van der Waals surface area contributed by atoms with Crippen molar-refractivity contribution in [3.8, 4) is 5.75 Å². The van der Waals surface area contributed by atoms with Crippen LogP contribution in [0.4, 0.5) is 11.4 Å². The molecular formula is C23H20Cl2N2O3S. The summed E-state index contributed by atoms with van der Waals surface area (Å²) in [7, 11) is 0. The van der Waals surface area contributed by atoms with E-state index >= 15 is 0 Å². The number of benzene rings is 3. The zero-order chi connectivity index (χ0) is 22.2. The van der Waals surface area contributed by atoms with Crippen LogP contribution in [0, 0.1) is 0 Å². The summed E-state index contributed by atoms with van der Waals surface area (Å²) in [6, 6.07) is 21.3. The summed E-state index contributed by atoms with van der Waals surface area (Å²) < 4.78 is 5.45. The Hall–Kier alpha value is -2.67. The lowest BCUT2D eigenvalue weighted by Crippen LogP contribution is -2.22. The number of ether oxygens (including phenoxy) is 1. The molecule has 0 radical (unpaired) electrons. The van der Waals surface area contributed by atoms with E-state index in [4.69, 9.17) is 27.9 Å². The van der Waals surface area contributed by atoms with Crippen molar-refractivity contribution in [2.24, 2.45) is 0 Å². The normalized spacial score (nSPS) is 11.5. The summed E-state index contributed by atoms with van der Waals surface area (Å²) in [6.07, 6.45) is 0. The number of carbonyl (C=O) groups excluding carboxylic acids is 2. The quantitative estimate of drug-likeness (QED) is 0.385. The van der Waals surface area contributed by atoms with Gasteiger partial charge in [-0.1, -0.05) is 47.5 Å². The second kappa shape index (κ2) is 11.1. The molecule has 0 saturated heterocycles. The Balaban J connectivity index is 1.54. The number of hydrogen-bond acceptors (Lipinski definition) is 4. The Morgan fingerprint density at radius 3 is 2.52 bits per heavy atom. The van der Waals surface area contributed by atoms with Crippen LogP contribution in [-0.2, 0) is 9.59 Å². The van der Waals surface area contributed by atoms with Crippen LogP contribution in [0.25, 0.3) is 0 Å². The van der Waals surface area contributed by atoms with Crippen LogP contribution >= 0.6 is 35.0 Å². The number of nitrogens with one attached hydrogen (secondary N) is 2. The monoisotopic (exact) mass is 474 g/mol. The van der Waals surface area contributed by atoms with E-state index in [0.29, 0.717) is 27.2 Å². The molecular weight excluding hydrogens is 455 g/mol. The van der Waals surface area contributed by atoms with E-state index in [1.54, 1.807) is 49.4 Å². The number of para-hydroxylation sites is 1. The zero-order valence-corrected chi connectivity index (χ0v) is 18.9. The third-order valence-corrected chi connectivity index (χ3v) is 5.76. The number of anilines is 2. The first-order chi connectivity index (χ1) is 14.9. The molecule has 0 aromatic heterocycles. The molecule has 0 bridgehead atoms. The van der Waals surface area contributed by atoms with Crippen molar-refractivity contribution in [1.82, 2.24) is 0 Å². The fraction of sp³-hybridized carbons (Fsp3) is 0.130. The van der Waals surface area contributed by atoms with Gasteiger partial charge in [0, 0.05) is 15.6 Å². The predicted octanol–water partition coefficient (Wildman–Crippen LogP) is 6.13. The van der Waals surface area contributed by atoms with Crippen LogP contribution < -0.4 is 15.4 Å². The lowest BCUT2D eigenvalue weighted by molar-refractivity contribution is -0.118. The fourth-order valence-corrected chi connectivity index (χ4v) is 3.86. The minimum absolute atomic E-state index is 0.0966. The van der Waals surface area contributed by atoms with Crippen molar-refractivity contribution in [3.63, 3.8) is 0 Å². The molecule has 5 nitrogen and oxygen atoms in total. The van der Waals surface area contributed by atoms with E-state index in [1.807, 2.05) is 30.3 Å². The molecule has 2 N–H and O–H groups in total. The molecule has 3 aromatic rings. The van der Waals surface area contributed by atoms with Crippen LogP contribution in [0.15, 0.2) is 77.7 Å². The highest BCUT2D eigenvalue weighted by atomic mass is 35.5. The maximum atomic E-state index is 12.5. The Kier molecular flexibility index (Phi) is 8.23. The highest BCUT2D eigenvalue weighted by Gasteiger charge is 2.16. The van der Waals surface area contributed by atoms with Gasteiger partial charge in [0.25, 0.3) is 5.91 Å². The topological polar surface area (TPSA) is 67.4 Å². The first-order valence-corrected chi connectivity index (χ1v) is 11.0. The molecule has 31 heavy (non-hydrogen) atoms. The Morgan fingerprint density at radius 1 is 0.968 bits per heavy atom. The third kappa shape index (κ3) is 7.21. The number of halogens is 2. The van der Waals surface area contributed by atoms with Gasteiger partial charge in [0.2, 0.25) is 5.91 Å². The van der Waals surface area contributed by atoms with Crippen molar-refractivity contribution >= 4 is 58.2 Å². The number of rotatable bonds is 8. The second-order valence-corrected chi connectivity index (χ2v) is 8.81. The van der Waals surface area contributed by atoms with Crippen molar-refractivity contribution < 1.29 is 14.3 Å². The summed E-state index contributed by atoms with van der Waals surface area (Å²) in [4.78, 5) is 25.5. The molecule has 0 fully saturated rings. The van der Waals surface area contributed by atoms with E-state index in [0.717, 1.165) is 4.90 Å². The van der Waals surface area contributed by atoms with E-state index in [-0.39, 0.29) is 18.4 Å². The zero-order valence-electron chi connectivity index (χ0n) is 16.6. The van der Waals surface area contributed by atoms with Crippen LogP contribution in [-0.4, -0.2) is 23.7 Å². The van der Waals surface area contributed by atoms with Gasteiger partial charge in [-0.15, -0.1) is 11.8 Å². The third-order valence-electron chi connectivity index (χ3n) is 4.10. The summed E-state index contributed by atoms with van der Waals surface area (Å²) in [5, 5.41) is 6.09. The first kappa shape index (κ1) is 23.0. The van der Waals surface area contributed by atoms with Gasteiger partial charge in [0.05, 0.1) is 16.0 Å². The second-order valence-electron chi connectivity index (χ2n) is 6.55. The Bertz CT molecular complexity index is 1060. The Morgan fingerprint density at radius 2 is 1.74 bits per heavy atom. The largest absolute Gasteiger partial charge is 0.484 e. The SMILES string of the molecule is CC(Sc1cccc(NC(=O)COc2ccccc2)c1)C(=O)Nc1cc(Cl)ccc1Cl. The molecule has 2 amide bonds. The maximum absolute atomic E-state index is 12.5. The van der Waals surface area contributed by atoms with Crippen LogP contribution in [0.3, 0.4) is 0 Å². The van der Waals surface area contributed by atoms with Gasteiger partial charge >= 0.3 is 0 Å². The number of carbonyl (C=O) groups is 2. The summed E-state index contributed by atoms with van der Waals surface area (Å²) in [6.45, 7) is 1.69. The first-order valence-electron chi connectivity index (χ1n) is 9.41. The van der Waals surface area contributed by atoms with Crippen LogP contribution in [0.2, 0.25) is 10.0 Å². The highest BCUT2D eigenvalue weighted by molar-refractivity contribution is 8.00. The van der Waals surface area contributed by atoms with Gasteiger partial charge in [-0.2, -0.15) is 0 Å². The van der Waals surface area contributed by atoms with Gasteiger partial charge in [-0.05, 0) is 55.5 Å². The molecule has 0 aliphatic carbocycles. The van der Waals surface area contributed by atoms with E-state index in [2.05, 4.69) is 10.6 Å². The van der Waals surface area contributed by atoms with Crippen LogP contribution in [0.5, 0.6) is 5.75 Å². The number of hydrogen-bond donors (Lipinski definition) is 2. The van der Waals surface area contributed by atoms with E-state index < -0.39 is 5.25 Å². The van der Waals surface area contributed by atoms with Crippen molar-refractivity contribution in [2.75, 3.05) is 17.2 Å². The molecule has 3 aromatic carbocycles. The summed E-state index contributed by atoms with van der Waals surface area (Å²) in [5.74, 6) is 0.147.